The zero-order chi connectivity index (χ0) is 14.9. The molecule has 1 aromatic carbocycles. The maximum absolute atomic E-state index is 5.73. The summed E-state index contributed by atoms with van der Waals surface area (Å²) in [5.74, 6) is 2.82. The number of rotatable bonds is 4. The summed E-state index contributed by atoms with van der Waals surface area (Å²) in [4.78, 5) is 0. The van der Waals surface area contributed by atoms with Crippen molar-refractivity contribution in [2.45, 2.75) is 38.1 Å². The smallest absolute Gasteiger partial charge is 0.315 e. The number of anilines is 1. The third-order valence-corrected chi connectivity index (χ3v) is 3.98. The van der Waals surface area contributed by atoms with Crippen LogP contribution >= 0.6 is 0 Å². The molecule has 0 saturated heterocycles. The van der Waals surface area contributed by atoms with Crippen LogP contribution in [0.25, 0.3) is 0 Å². The average Bonchev–Trinajstić information content (AvgIpc) is 3.31. The molecule has 6 nitrogen and oxygen atoms in total. The van der Waals surface area contributed by atoms with Gasteiger partial charge in [0.2, 0.25) is 5.89 Å². The Labute approximate surface area is 128 Å². The molecule has 2 aromatic rings. The Balaban J connectivity index is 1.49. The molecule has 1 aromatic heterocycles. The SMILES string of the molecule is C[C@@H](Nc1nnc(C2CC2)o1)c1ccc2c(c1)OCCCO2. The molecule has 1 aliphatic carbocycles. The molecule has 1 saturated carbocycles. The Kier molecular flexibility index (Phi) is 3.36. The highest BCUT2D eigenvalue weighted by Crippen LogP contribution is 2.40. The number of fused-ring (bicyclic) bond motifs is 1. The molecular formula is C16H19N3O3. The predicted molar refractivity (Wildman–Crippen MR) is 80.4 cm³/mol. The number of benzene rings is 1. The van der Waals surface area contributed by atoms with E-state index in [2.05, 4.69) is 22.4 Å². The molecule has 116 valence electrons. The fourth-order valence-corrected chi connectivity index (χ4v) is 2.51. The summed E-state index contributed by atoms with van der Waals surface area (Å²) in [5, 5.41) is 11.4. The van der Waals surface area contributed by atoms with Gasteiger partial charge in [-0.2, -0.15) is 0 Å². The van der Waals surface area contributed by atoms with Crippen molar-refractivity contribution in [3.8, 4) is 11.5 Å². The van der Waals surface area contributed by atoms with Crippen molar-refractivity contribution >= 4 is 6.01 Å². The second-order valence-corrected chi connectivity index (χ2v) is 5.84. The van der Waals surface area contributed by atoms with Gasteiger partial charge >= 0.3 is 6.01 Å². The van der Waals surface area contributed by atoms with E-state index in [0.717, 1.165) is 42.2 Å². The van der Waals surface area contributed by atoms with Crippen LogP contribution in [0.1, 0.15) is 49.6 Å². The highest BCUT2D eigenvalue weighted by Gasteiger charge is 2.29. The first-order valence-corrected chi connectivity index (χ1v) is 7.79. The summed E-state index contributed by atoms with van der Waals surface area (Å²) >= 11 is 0. The first kappa shape index (κ1) is 13.4. The molecule has 2 heterocycles. The second-order valence-electron chi connectivity index (χ2n) is 5.84. The standard InChI is InChI=1S/C16H19N3O3/c1-10(17-16-19-18-15(22-16)11-3-4-11)12-5-6-13-14(9-12)21-8-2-7-20-13/h5-6,9-11H,2-4,7-8H2,1H3,(H,17,19)/t10-/m1/s1. The molecule has 22 heavy (non-hydrogen) atoms. The summed E-state index contributed by atoms with van der Waals surface area (Å²) in [5.41, 5.74) is 1.09. The molecule has 2 aliphatic rings. The molecule has 0 bridgehead atoms. The number of hydrogen-bond acceptors (Lipinski definition) is 6. The van der Waals surface area contributed by atoms with Crippen LogP contribution in [-0.4, -0.2) is 23.4 Å². The first-order valence-electron chi connectivity index (χ1n) is 7.79. The highest BCUT2D eigenvalue weighted by atomic mass is 16.5. The summed E-state index contributed by atoms with van der Waals surface area (Å²) in [6.07, 6.45) is 3.21. The zero-order valence-corrected chi connectivity index (χ0v) is 12.5. The molecule has 0 spiro atoms. The quantitative estimate of drug-likeness (QED) is 0.934. The van der Waals surface area contributed by atoms with Crippen LogP contribution in [0.15, 0.2) is 22.6 Å². The number of ether oxygens (including phenoxy) is 2. The van der Waals surface area contributed by atoms with E-state index in [4.69, 9.17) is 13.9 Å². The molecule has 4 rings (SSSR count). The van der Waals surface area contributed by atoms with Gasteiger partial charge < -0.3 is 19.2 Å². The van der Waals surface area contributed by atoms with Crippen LogP contribution in [0.4, 0.5) is 6.01 Å². The minimum atomic E-state index is 0.0460. The normalized spacial score (nSPS) is 18.6. The molecule has 1 atom stereocenters. The third kappa shape index (κ3) is 2.73. The van der Waals surface area contributed by atoms with Crippen molar-refractivity contribution in [3.05, 3.63) is 29.7 Å². The maximum atomic E-state index is 5.73. The van der Waals surface area contributed by atoms with Crippen LogP contribution in [0, 0.1) is 0 Å². The van der Waals surface area contributed by atoms with Gasteiger partial charge in [-0.3, -0.25) is 0 Å². The Morgan fingerprint density at radius 2 is 1.95 bits per heavy atom. The van der Waals surface area contributed by atoms with Gasteiger partial charge in [-0.05, 0) is 37.5 Å². The molecule has 0 unspecified atom stereocenters. The van der Waals surface area contributed by atoms with E-state index in [9.17, 15) is 0 Å². The van der Waals surface area contributed by atoms with Crippen molar-refractivity contribution < 1.29 is 13.9 Å². The fourth-order valence-electron chi connectivity index (χ4n) is 2.51. The molecular weight excluding hydrogens is 282 g/mol. The van der Waals surface area contributed by atoms with Crippen molar-refractivity contribution in [2.75, 3.05) is 18.5 Å². The van der Waals surface area contributed by atoms with Gasteiger partial charge in [0.1, 0.15) is 0 Å². The van der Waals surface area contributed by atoms with E-state index in [1.807, 2.05) is 18.2 Å². The van der Waals surface area contributed by atoms with E-state index in [1.54, 1.807) is 0 Å². The summed E-state index contributed by atoms with van der Waals surface area (Å²) in [6.45, 7) is 3.44. The number of nitrogens with one attached hydrogen (secondary N) is 1. The van der Waals surface area contributed by atoms with Crippen LogP contribution < -0.4 is 14.8 Å². The monoisotopic (exact) mass is 301 g/mol. The van der Waals surface area contributed by atoms with Gasteiger partial charge in [-0.25, -0.2) is 0 Å². The van der Waals surface area contributed by atoms with E-state index in [0.29, 0.717) is 25.1 Å². The number of aromatic nitrogens is 2. The maximum Gasteiger partial charge on any atom is 0.315 e. The molecule has 6 heteroatoms. The lowest BCUT2D eigenvalue weighted by Gasteiger charge is -2.15. The summed E-state index contributed by atoms with van der Waals surface area (Å²) in [7, 11) is 0. The summed E-state index contributed by atoms with van der Waals surface area (Å²) in [6, 6.07) is 6.52. The van der Waals surface area contributed by atoms with Crippen molar-refractivity contribution in [1.82, 2.24) is 10.2 Å². The Morgan fingerprint density at radius 1 is 1.14 bits per heavy atom. The van der Waals surface area contributed by atoms with Gasteiger partial charge in [0, 0.05) is 12.3 Å². The molecule has 0 radical (unpaired) electrons. The summed E-state index contributed by atoms with van der Waals surface area (Å²) < 4.78 is 17.0. The topological polar surface area (TPSA) is 69.4 Å². The number of nitrogens with zero attached hydrogens (tertiary/aromatic N) is 2. The van der Waals surface area contributed by atoms with Gasteiger partial charge in [-0.15, -0.1) is 5.10 Å². The van der Waals surface area contributed by atoms with E-state index in [-0.39, 0.29) is 6.04 Å². The van der Waals surface area contributed by atoms with Crippen molar-refractivity contribution in [3.63, 3.8) is 0 Å². The Morgan fingerprint density at radius 3 is 2.77 bits per heavy atom. The zero-order valence-electron chi connectivity index (χ0n) is 12.5. The van der Waals surface area contributed by atoms with E-state index >= 15 is 0 Å². The Bertz CT molecular complexity index is 666. The minimum absolute atomic E-state index is 0.0460. The van der Waals surface area contributed by atoms with Gasteiger partial charge in [-0.1, -0.05) is 11.2 Å². The average molecular weight is 301 g/mol. The highest BCUT2D eigenvalue weighted by molar-refractivity contribution is 5.45. The number of hydrogen-bond donors (Lipinski definition) is 1. The van der Waals surface area contributed by atoms with Crippen LogP contribution in [0.2, 0.25) is 0 Å². The van der Waals surface area contributed by atoms with Crippen LogP contribution in [0.5, 0.6) is 11.5 Å². The molecule has 0 amide bonds. The van der Waals surface area contributed by atoms with E-state index in [1.165, 1.54) is 0 Å². The minimum Gasteiger partial charge on any atom is -0.490 e. The lowest BCUT2D eigenvalue weighted by atomic mass is 10.1. The van der Waals surface area contributed by atoms with Crippen LogP contribution in [-0.2, 0) is 0 Å². The van der Waals surface area contributed by atoms with E-state index < -0.39 is 0 Å². The first-order chi connectivity index (χ1) is 10.8. The van der Waals surface area contributed by atoms with Crippen molar-refractivity contribution in [2.24, 2.45) is 0 Å². The van der Waals surface area contributed by atoms with Gasteiger partial charge in [0.05, 0.1) is 19.3 Å². The second kappa shape index (κ2) is 5.51. The van der Waals surface area contributed by atoms with Crippen LogP contribution in [0.3, 0.4) is 0 Å². The largest absolute Gasteiger partial charge is 0.490 e. The predicted octanol–water partition coefficient (Wildman–Crippen LogP) is 3.28. The fraction of sp³-hybridized carbons (Fsp3) is 0.500. The molecule has 1 N–H and O–H groups in total. The van der Waals surface area contributed by atoms with Gasteiger partial charge in [0.15, 0.2) is 11.5 Å². The molecule has 1 aliphatic heterocycles. The Hall–Kier alpha value is -2.24. The lowest BCUT2D eigenvalue weighted by Crippen LogP contribution is -2.07. The van der Waals surface area contributed by atoms with Gasteiger partial charge in [0.25, 0.3) is 0 Å². The molecule has 1 fully saturated rings. The van der Waals surface area contributed by atoms with Crippen molar-refractivity contribution in [1.29, 1.82) is 0 Å². The lowest BCUT2D eigenvalue weighted by molar-refractivity contribution is 0.297. The third-order valence-electron chi connectivity index (χ3n) is 3.98.